The van der Waals surface area contributed by atoms with Crippen molar-refractivity contribution in [2.45, 2.75) is 6.10 Å². The SMILES string of the molecule is O=C(O[C@H](C(=O)c1c[nH]c2ccccc12)c1ccccc1)c1ccc2nccnc2c1. The van der Waals surface area contributed by atoms with Crippen LogP contribution in [0.1, 0.15) is 32.4 Å². The minimum Gasteiger partial charge on any atom is -0.445 e. The number of aromatic amines is 1. The molecule has 0 unspecified atom stereocenters. The normalized spacial score (nSPS) is 12.0. The molecule has 0 saturated carbocycles. The zero-order valence-corrected chi connectivity index (χ0v) is 16.4. The summed E-state index contributed by atoms with van der Waals surface area (Å²) in [4.78, 5) is 38.0. The molecule has 0 bridgehead atoms. The van der Waals surface area contributed by atoms with Gasteiger partial charge in [-0.25, -0.2) is 4.79 Å². The zero-order chi connectivity index (χ0) is 21.2. The van der Waals surface area contributed by atoms with Crippen molar-refractivity contribution < 1.29 is 14.3 Å². The molecule has 31 heavy (non-hydrogen) atoms. The molecule has 6 nitrogen and oxygen atoms in total. The fourth-order valence-electron chi connectivity index (χ4n) is 3.58. The summed E-state index contributed by atoms with van der Waals surface area (Å²) in [5, 5.41) is 0.783. The van der Waals surface area contributed by atoms with Crippen LogP contribution in [0.3, 0.4) is 0 Å². The minimum atomic E-state index is -1.08. The fourth-order valence-corrected chi connectivity index (χ4v) is 3.58. The highest BCUT2D eigenvalue weighted by atomic mass is 16.5. The van der Waals surface area contributed by atoms with E-state index in [1.807, 2.05) is 42.5 Å². The predicted molar refractivity (Wildman–Crippen MR) is 117 cm³/mol. The standard InChI is InChI=1S/C25H17N3O3/c29-23(19-15-28-20-9-5-4-8-18(19)20)24(16-6-2-1-3-7-16)31-25(30)17-10-11-21-22(14-17)27-13-12-26-21/h1-15,24,28H/t24-/m0/s1. The first-order valence-corrected chi connectivity index (χ1v) is 9.78. The average Bonchev–Trinajstić information content (AvgIpc) is 3.26. The van der Waals surface area contributed by atoms with E-state index in [0.29, 0.717) is 27.7 Å². The zero-order valence-electron chi connectivity index (χ0n) is 16.4. The van der Waals surface area contributed by atoms with Crippen LogP contribution in [0, 0.1) is 0 Å². The molecule has 0 saturated heterocycles. The molecule has 0 aliphatic heterocycles. The first-order valence-electron chi connectivity index (χ1n) is 9.78. The number of carbonyl (C=O) groups excluding carboxylic acids is 2. The van der Waals surface area contributed by atoms with E-state index in [1.165, 1.54) is 0 Å². The molecule has 2 aromatic heterocycles. The topological polar surface area (TPSA) is 84.9 Å². The number of nitrogens with one attached hydrogen (secondary N) is 1. The molecular weight excluding hydrogens is 390 g/mol. The maximum absolute atomic E-state index is 13.5. The number of ketones is 1. The Labute approximate surface area is 177 Å². The predicted octanol–water partition coefficient (Wildman–Crippen LogP) is 4.89. The molecule has 0 spiro atoms. The van der Waals surface area contributed by atoms with Gasteiger partial charge in [-0.1, -0.05) is 48.5 Å². The van der Waals surface area contributed by atoms with E-state index in [9.17, 15) is 9.59 Å². The number of fused-ring (bicyclic) bond motifs is 2. The second-order valence-electron chi connectivity index (χ2n) is 7.07. The van der Waals surface area contributed by atoms with Gasteiger partial charge in [0.1, 0.15) is 0 Å². The fraction of sp³-hybridized carbons (Fsp3) is 0.0400. The van der Waals surface area contributed by atoms with Gasteiger partial charge in [-0.05, 0) is 24.3 Å². The van der Waals surface area contributed by atoms with E-state index in [0.717, 1.165) is 10.9 Å². The molecule has 3 aromatic carbocycles. The van der Waals surface area contributed by atoms with Crippen LogP contribution < -0.4 is 0 Å². The number of esters is 1. The lowest BCUT2D eigenvalue weighted by molar-refractivity contribution is 0.0281. The molecule has 0 aliphatic carbocycles. The summed E-state index contributed by atoms with van der Waals surface area (Å²) in [6.07, 6.45) is 3.73. The van der Waals surface area contributed by atoms with Crippen LogP contribution in [0.5, 0.6) is 0 Å². The van der Waals surface area contributed by atoms with E-state index in [-0.39, 0.29) is 5.78 Å². The monoisotopic (exact) mass is 407 g/mol. The highest BCUT2D eigenvalue weighted by Gasteiger charge is 2.28. The van der Waals surface area contributed by atoms with E-state index >= 15 is 0 Å². The lowest BCUT2D eigenvalue weighted by Gasteiger charge is -2.17. The second-order valence-corrected chi connectivity index (χ2v) is 7.07. The molecule has 5 rings (SSSR count). The molecular formula is C25H17N3O3. The Morgan fingerprint density at radius 1 is 0.839 bits per heavy atom. The Bertz CT molecular complexity index is 1410. The molecule has 0 radical (unpaired) electrons. The molecule has 2 heterocycles. The number of benzene rings is 3. The van der Waals surface area contributed by atoms with Crippen molar-refractivity contribution in [2.24, 2.45) is 0 Å². The van der Waals surface area contributed by atoms with Gasteiger partial charge >= 0.3 is 5.97 Å². The summed E-state index contributed by atoms with van der Waals surface area (Å²) in [7, 11) is 0. The van der Waals surface area contributed by atoms with Gasteiger partial charge in [0.15, 0.2) is 6.10 Å². The number of rotatable bonds is 5. The largest absolute Gasteiger partial charge is 0.445 e. The van der Waals surface area contributed by atoms with Gasteiger partial charge in [0.05, 0.1) is 16.6 Å². The summed E-state index contributed by atoms with van der Waals surface area (Å²) in [5.74, 6) is -0.896. The third kappa shape index (κ3) is 3.55. The average molecular weight is 407 g/mol. The van der Waals surface area contributed by atoms with Crippen LogP contribution in [0.2, 0.25) is 0 Å². The number of hydrogen-bond donors (Lipinski definition) is 1. The van der Waals surface area contributed by atoms with E-state index in [2.05, 4.69) is 15.0 Å². The quantitative estimate of drug-likeness (QED) is 0.331. The van der Waals surface area contributed by atoms with Crippen molar-refractivity contribution in [3.63, 3.8) is 0 Å². The van der Waals surface area contributed by atoms with Crippen molar-refractivity contribution in [3.8, 4) is 0 Å². The van der Waals surface area contributed by atoms with Gasteiger partial charge in [0, 0.05) is 40.6 Å². The van der Waals surface area contributed by atoms with E-state index in [4.69, 9.17) is 4.74 Å². The third-order valence-electron chi connectivity index (χ3n) is 5.13. The van der Waals surface area contributed by atoms with E-state index in [1.54, 1.807) is 48.9 Å². The Kier molecular flexibility index (Phi) is 4.72. The van der Waals surface area contributed by atoms with Crippen molar-refractivity contribution >= 4 is 33.7 Å². The summed E-state index contributed by atoms with van der Waals surface area (Å²) in [5.41, 5.74) is 3.48. The number of aromatic nitrogens is 3. The molecule has 150 valence electrons. The number of carbonyl (C=O) groups is 2. The van der Waals surface area contributed by atoms with Crippen molar-refractivity contribution in [1.29, 1.82) is 0 Å². The van der Waals surface area contributed by atoms with Crippen LogP contribution in [0.25, 0.3) is 21.9 Å². The van der Waals surface area contributed by atoms with Crippen LogP contribution in [0.4, 0.5) is 0 Å². The van der Waals surface area contributed by atoms with Crippen LogP contribution in [-0.2, 0) is 4.74 Å². The van der Waals surface area contributed by atoms with Crippen molar-refractivity contribution in [2.75, 3.05) is 0 Å². The lowest BCUT2D eigenvalue weighted by atomic mass is 9.99. The van der Waals surface area contributed by atoms with E-state index < -0.39 is 12.1 Å². The van der Waals surface area contributed by atoms with Crippen LogP contribution in [-0.4, -0.2) is 26.7 Å². The first-order chi connectivity index (χ1) is 15.2. The van der Waals surface area contributed by atoms with Gasteiger partial charge in [0.2, 0.25) is 5.78 Å². The third-order valence-corrected chi connectivity index (χ3v) is 5.13. The minimum absolute atomic E-state index is 0.294. The number of nitrogens with zero attached hydrogens (tertiary/aromatic N) is 2. The smallest absolute Gasteiger partial charge is 0.339 e. The molecule has 5 aromatic rings. The summed E-state index contributed by atoms with van der Waals surface area (Å²) in [6.45, 7) is 0. The van der Waals surface area contributed by atoms with Crippen molar-refractivity contribution in [1.82, 2.24) is 15.0 Å². The number of H-pyrrole nitrogens is 1. The summed E-state index contributed by atoms with van der Waals surface area (Å²) >= 11 is 0. The lowest BCUT2D eigenvalue weighted by Crippen LogP contribution is -2.20. The highest BCUT2D eigenvalue weighted by Crippen LogP contribution is 2.28. The number of para-hydroxylation sites is 1. The van der Waals surface area contributed by atoms with Crippen molar-refractivity contribution in [3.05, 3.63) is 108 Å². The van der Waals surface area contributed by atoms with Gasteiger partial charge in [-0.15, -0.1) is 0 Å². The van der Waals surface area contributed by atoms with Gasteiger partial charge in [-0.3, -0.25) is 14.8 Å². The van der Waals surface area contributed by atoms with Gasteiger partial charge in [0.25, 0.3) is 0 Å². The van der Waals surface area contributed by atoms with Crippen LogP contribution >= 0.6 is 0 Å². The number of Topliss-reactive ketones (excluding diaryl/α,β-unsaturated/α-hetero) is 1. The Morgan fingerprint density at radius 2 is 1.58 bits per heavy atom. The first kappa shape index (κ1) is 18.7. The Hall–Kier alpha value is -4.32. The van der Waals surface area contributed by atoms with Gasteiger partial charge in [-0.2, -0.15) is 0 Å². The molecule has 6 heteroatoms. The van der Waals surface area contributed by atoms with Gasteiger partial charge < -0.3 is 9.72 Å². The maximum atomic E-state index is 13.5. The molecule has 0 fully saturated rings. The molecule has 0 amide bonds. The maximum Gasteiger partial charge on any atom is 0.339 e. The highest BCUT2D eigenvalue weighted by molar-refractivity contribution is 6.11. The second kappa shape index (κ2) is 7.84. The molecule has 1 N–H and O–H groups in total. The Balaban J connectivity index is 1.52. The number of ether oxygens (including phenoxy) is 1. The molecule has 0 aliphatic rings. The Morgan fingerprint density at radius 3 is 2.42 bits per heavy atom. The number of hydrogen-bond acceptors (Lipinski definition) is 5. The van der Waals surface area contributed by atoms with Crippen LogP contribution in [0.15, 0.2) is 91.4 Å². The summed E-state index contributed by atoms with van der Waals surface area (Å²) < 4.78 is 5.76. The summed E-state index contributed by atoms with van der Waals surface area (Å²) in [6, 6.07) is 21.5. The molecule has 1 atom stereocenters.